The quantitative estimate of drug-likeness (QED) is 0.379. The molecule has 0 atom stereocenters. The Morgan fingerprint density at radius 2 is 1.06 bits per heavy atom. The third-order valence-electron chi connectivity index (χ3n) is 6.37. The van der Waals surface area contributed by atoms with E-state index in [0.29, 0.717) is 0 Å². The molecular formula is C26H26N8. The van der Waals surface area contributed by atoms with E-state index in [2.05, 4.69) is 63.8 Å². The molecule has 0 spiro atoms. The van der Waals surface area contributed by atoms with Gasteiger partial charge in [0.2, 0.25) is 0 Å². The number of aromatic nitrogens is 4. The van der Waals surface area contributed by atoms with Crippen LogP contribution in [-0.2, 0) is 0 Å². The topological polar surface area (TPSA) is 64.5 Å². The average molecular weight is 451 g/mol. The Hall–Kier alpha value is -4.20. The monoisotopic (exact) mass is 450 g/mol. The molecule has 2 aliphatic rings. The minimum Gasteiger partial charge on any atom is -0.350 e. The van der Waals surface area contributed by atoms with Crippen LogP contribution in [0.25, 0.3) is 0 Å². The van der Waals surface area contributed by atoms with Crippen LogP contribution in [0.1, 0.15) is 12.8 Å². The minimum absolute atomic E-state index is 0.795. The highest BCUT2D eigenvalue weighted by molar-refractivity contribution is 5.79. The van der Waals surface area contributed by atoms with E-state index < -0.39 is 0 Å². The first-order chi connectivity index (χ1) is 16.9. The lowest BCUT2D eigenvalue weighted by Crippen LogP contribution is -2.31. The lowest BCUT2D eigenvalue weighted by atomic mass is 10.2. The van der Waals surface area contributed by atoms with E-state index in [1.807, 2.05) is 49.1 Å². The van der Waals surface area contributed by atoms with E-state index >= 15 is 0 Å². The second kappa shape index (κ2) is 8.97. The predicted molar refractivity (Wildman–Crippen MR) is 135 cm³/mol. The van der Waals surface area contributed by atoms with Crippen LogP contribution < -0.4 is 19.6 Å². The molecule has 0 N–H and O–H groups in total. The Labute approximate surface area is 199 Å². The van der Waals surface area contributed by atoms with Gasteiger partial charge in [-0.3, -0.25) is 9.97 Å². The van der Waals surface area contributed by atoms with Gasteiger partial charge in [-0.1, -0.05) is 0 Å². The van der Waals surface area contributed by atoms with Gasteiger partial charge in [0.1, 0.15) is 0 Å². The molecule has 0 unspecified atom stereocenters. The van der Waals surface area contributed by atoms with Crippen LogP contribution in [0.15, 0.2) is 85.7 Å². The summed E-state index contributed by atoms with van der Waals surface area (Å²) in [5, 5.41) is 0. The lowest BCUT2D eigenvalue weighted by molar-refractivity contribution is 0.678. The molecule has 0 bridgehead atoms. The molecule has 4 aromatic heterocycles. The normalized spacial score (nSPS) is 14.5. The molecule has 0 radical (unpaired) electrons. The van der Waals surface area contributed by atoms with Crippen molar-refractivity contribution in [1.82, 2.24) is 19.9 Å². The first kappa shape index (κ1) is 20.4. The van der Waals surface area contributed by atoms with Gasteiger partial charge >= 0.3 is 0 Å². The SMILES string of the molecule is c1cncc(N2CN(CCCCN3CN(c4cccnc4)c4ncccc43)c3cccnc32)c1. The van der Waals surface area contributed by atoms with Gasteiger partial charge in [-0.05, 0) is 61.4 Å². The molecule has 4 aromatic rings. The van der Waals surface area contributed by atoms with E-state index in [-0.39, 0.29) is 0 Å². The van der Waals surface area contributed by atoms with Gasteiger partial charge in [0.15, 0.2) is 11.6 Å². The average Bonchev–Trinajstić information content (AvgIpc) is 3.47. The summed E-state index contributed by atoms with van der Waals surface area (Å²) in [6, 6.07) is 16.5. The van der Waals surface area contributed by atoms with Crippen LogP contribution >= 0.6 is 0 Å². The van der Waals surface area contributed by atoms with E-state index in [9.17, 15) is 0 Å². The number of pyridine rings is 4. The molecule has 170 valence electrons. The second-order valence-electron chi connectivity index (χ2n) is 8.49. The Balaban J connectivity index is 1.10. The molecule has 0 saturated heterocycles. The summed E-state index contributed by atoms with van der Waals surface area (Å²) in [4.78, 5) is 27.2. The molecule has 6 heterocycles. The van der Waals surface area contributed by atoms with Gasteiger partial charge in [-0.2, -0.15) is 0 Å². The van der Waals surface area contributed by atoms with E-state index in [1.165, 1.54) is 11.4 Å². The summed E-state index contributed by atoms with van der Waals surface area (Å²) >= 11 is 0. The van der Waals surface area contributed by atoms with Gasteiger partial charge in [0, 0.05) is 37.9 Å². The van der Waals surface area contributed by atoms with E-state index in [1.54, 1.807) is 12.4 Å². The maximum absolute atomic E-state index is 4.65. The lowest BCUT2D eigenvalue weighted by Gasteiger charge is -2.23. The van der Waals surface area contributed by atoms with Gasteiger partial charge in [0.05, 0.1) is 48.5 Å². The maximum Gasteiger partial charge on any atom is 0.158 e. The third-order valence-corrected chi connectivity index (χ3v) is 6.37. The molecule has 0 fully saturated rings. The molecule has 0 saturated carbocycles. The zero-order valence-electron chi connectivity index (χ0n) is 18.9. The molecule has 8 nitrogen and oxygen atoms in total. The van der Waals surface area contributed by atoms with Crippen LogP contribution in [0.2, 0.25) is 0 Å². The number of nitrogens with zero attached hydrogens (tertiary/aromatic N) is 8. The van der Waals surface area contributed by atoms with Crippen LogP contribution in [0.5, 0.6) is 0 Å². The van der Waals surface area contributed by atoms with E-state index in [0.717, 1.165) is 62.3 Å². The first-order valence-corrected chi connectivity index (χ1v) is 11.6. The van der Waals surface area contributed by atoms with Crippen molar-refractivity contribution >= 4 is 34.4 Å². The highest BCUT2D eigenvalue weighted by Crippen LogP contribution is 2.39. The van der Waals surface area contributed by atoms with Crippen molar-refractivity contribution in [2.75, 3.05) is 46.0 Å². The number of unbranched alkanes of at least 4 members (excludes halogenated alkanes) is 1. The van der Waals surface area contributed by atoms with E-state index in [4.69, 9.17) is 0 Å². The number of fused-ring (bicyclic) bond motifs is 2. The Bertz CT molecular complexity index is 1150. The molecular weight excluding hydrogens is 424 g/mol. The first-order valence-electron chi connectivity index (χ1n) is 11.6. The van der Waals surface area contributed by atoms with Gasteiger partial charge in [0.25, 0.3) is 0 Å². The van der Waals surface area contributed by atoms with Crippen molar-refractivity contribution in [3.8, 4) is 0 Å². The Morgan fingerprint density at radius 1 is 0.588 bits per heavy atom. The van der Waals surface area contributed by atoms with Gasteiger partial charge in [-0.15, -0.1) is 0 Å². The largest absolute Gasteiger partial charge is 0.350 e. The number of hydrogen-bond donors (Lipinski definition) is 0. The summed E-state index contributed by atoms with van der Waals surface area (Å²) in [5.41, 5.74) is 4.51. The highest BCUT2D eigenvalue weighted by atomic mass is 15.4. The van der Waals surface area contributed by atoms with Gasteiger partial charge < -0.3 is 19.6 Å². The zero-order valence-corrected chi connectivity index (χ0v) is 18.9. The van der Waals surface area contributed by atoms with Crippen LogP contribution in [0, 0.1) is 0 Å². The van der Waals surface area contributed by atoms with Crippen molar-refractivity contribution < 1.29 is 0 Å². The van der Waals surface area contributed by atoms with Crippen LogP contribution in [0.4, 0.5) is 34.4 Å². The van der Waals surface area contributed by atoms with Crippen LogP contribution in [-0.4, -0.2) is 46.4 Å². The van der Waals surface area contributed by atoms with Crippen molar-refractivity contribution in [2.45, 2.75) is 12.8 Å². The predicted octanol–water partition coefficient (Wildman–Crippen LogP) is 4.58. The fourth-order valence-corrected chi connectivity index (χ4v) is 4.74. The fraction of sp³-hybridized carbons (Fsp3) is 0.231. The smallest absolute Gasteiger partial charge is 0.158 e. The van der Waals surface area contributed by atoms with Crippen LogP contribution in [0.3, 0.4) is 0 Å². The Kier molecular flexibility index (Phi) is 5.39. The van der Waals surface area contributed by atoms with Crippen molar-refractivity contribution in [1.29, 1.82) is 0 Å². The third kappa shape index (κ3) is 3.77. The highest BCUT2D eigenvalue weighted by Gasteiger charge is 2.29. The van der Waals surface area contributed by atoms with Crippen molar-refractivity contribution in [3.63, 3.8) is 0 Å². The zero-order chi connectivity index (χ0) is 22.7. The summed E-state index contributed by atoms with van der Waals surface area (Å²) in [6.45, 7) is 3.55. The minimum atomic E-state index is 0.795. The molecule has 34 heavy (non-hydrogen) atoms. The fourth-order valence-electron chi connectivity index (χ4n) is 4.74. The standard InChI is InChI=1S/C26H26N8/c1(15-31-19-33(21-7-3-11-27-17-21)25-23(31)9-5-13-29-25)2-16-32-20-34(22-8-4-12-28-18-22)26-24(32)10-6-14-30-26/h3-14,17-18H,1-2,15-16,19-20H2. The molecule has 0 aromatic carbocycles. The molecule has 6 rings (SSSR count). The summed E-state index contributed by atoms with van der Waals surface area (Å²) < 4.78 is 0. The molecule has 0 amide bonds. The summed E-state index contributed by atoms with van der Waals surface area (Å²) in [7, 11) is 0. The molecule has 0 aliphatic carbocycles. The summed E-state index contributed by atoms with van der Waals surface area (Å²) in [5.74, 6) is 2.00. The van der Waals surface area contributed by atoms with Crippen molar-refractivity contribution in [2.24, 2.45) is 0 Å². The maximum atomic E-state index is 4.65. The number of anilines is 6. The molecule has 2 aliphatic heterocycles. The Morgan fingerprint density at radius 3 is 1.50 bits per heavy atom. The molecule has 8 heteroatoms. The van der Waals surface area contributed by atoms with Gasteiger partial charge in [-0.25, -0.2) is 9.97 Å². The number of rotatable bonds is 7. The summed E-state index contributed by atoms with van der Waals surface area (Å²) in [6.07, 6.45) is 13.3. The second-order valence-corrected chi connectivity index (χ2v) is 8.49. The number of hydrogen-bond acceptors (Lipinski definition) is 8. The van der Waals surface area contributed by atoms with Crippen molar-refractivity contribution in [3.05, 3.63) is 85.7 Å².